The van der Waals surface area contributed by atoms with Gasteiger partial charge in [-0.3, -0.25) is 4.79 Å². The molecule has 0 saturated carbocycles. The minimum absolute atomic E-state index is 0.167. The molecule has 0 spiro atoms. The van der Waals surface area contributed by atoms with Gasteiger partial charge in [-0.1, -0.05) is 47.5 Å². The van der Waals surface area contributed by atoms with E-state index in [1.54, 1.807) is 6.08 Å². The largest absolute Gasteiger partial charge is 0.493 e. The van der Waals surface area contributed by atoms with E-state index in [0.29, 0.717) is 18.2 Å². The molecule has 0 aliphatic rings. The topological polar surface area (TPSA) is 51.5 Å². The van der Waals surface area contributed by atoms with E-state index in [1.807, 2.05) is 51.3 Å². The molecule has 1 N–H and O–H groups in total. The number of carbonyl (C=O) groups excluding carboxylic acids is 1. The van der Waals surface area contributed by atoms with Crippen LogP contribution in [-0.4, -0.2) is 12.5 Å². The van der Waals surface area contributed by atoms with Crippen molar-refractivity contribution in [1.82, 2.24) is 5.32 Å². The van der Waals surface area contributed by atoms with Gasteiger partial charge < -0.3 is 14.5 Å². The van der Waals surface area contributed by atoms with Gasteiger partial charge in [0.25, 0.3) is 0 Å². The maximum Gasteiger partial charge on any atom is 0.244 e. The SMILES string of the molecule is CCOc1c(/C(C)=C/C(=O)NCc2ccc(Cl)cc2)cc2c(-c3ccc(C)cc3C)coc2c1C. The van der Waals surface area contributed by atoms with Gasteiger partial charge in [-0.05, 0) is 75.1 Å². The number of aryl methyl sites for hydroxylation is 3. The van der Waals surface area contributed by atoms with Crippen LogP contribution < -0.4 is 10.1 Å². The van der Waals surface area contributed by atoms with Gasteiger partial charge in [0.1, 0.15) is 11.3 Å². The van der Waals surface area contributed by atoms with E-state index < -0.39 is 0 Å². The maximum atomic E-state index is 12.7. The van der Waals surface area contributed by atoms with Crippen molar-refractivity contribution in [2.45, 2.75) is 41.2 Å². The fourth-order valence-electron chi connectivity index (χ4n) is 4.38. The zero-order valence-electron chi connectivity index (χ0n) is 20.8. The van der Waals surface area contributed by atoms with Crippen LogP contribution in [0.4, 0.5) is 0 Å². The van der Waals surface area contributed by atoms with Crippen molar-refractivity contribution in [3.63, 3.8) is 0 Å². The number of carbonyl (C=O) groups is 1. The molecule has 0 saturated heterocycles. The Labute approximate surface area is 211 Å². The molecule has 0 radical (unpaired) electrons. The van der Waals surface area contributed by atoms with Crippen molar-refractivity contribution in [2.24, 2.45) is 0 Å². The fraction of sp³-hybridized carbons (Fsp3) is 0.233. The zero-order chi connectivity index (χ0) is 25.1. The van der Waals surface area contributed by atoms with E-state index in [0.717, 1.165) is 50.1 Å². The summed E-state index contributed by atoms with van der Waals surface area (Å²) in [5.74, 6) is 0.570. The lowest BCUT2D eigenvalue weighted by Crippen LogP contribution is -2.20. The second kappa shape index (κ2) is 10.4. The number of ether oxygens (including phenoxy) is 1. The number of nitrogens with one attached hydrogen (secondary N) is 1. The van der Waals surface area contributed by atoms with Crippen molar-refractivity contribution < 1.29 is 13.9 Å². The molecule has 35 heavy (non-hydrogen) atoms. The predicted molar refractivity (Wildman–Crippen MR) is 144 cm³/mol. The van der Waals surface area contributed by atoms with Crippen molar-refractivity contribution >= 4 is 34.1 Å². The highest BCUT2D eigenvalue weighted by Gasteiger charge is 2.20. The molecule has 0 aliphatic heterocycles. The molecular weight excluding hydrogens is 458 g/mol. The Morgan fingerprint density at radius 2 is 1.80 bits per heavy atom. The van der Waals surface area contributed by atoms with Crippen LogP contribution in [0.1, 0.15) is 41.7 Å². The third-order valence-electron chi connectivity index (χ3n) is 6.16. The molecule has 0 bridgehead atoms. The standard InChI is InChI=1S/C30H30ClNO3/c1-6-34-29-21(5)30-26(27(17-35-30)24-12-7-18(2)13-19(24)3)15-25(29)20(4)14-28(33)32-16-22-8-10-23(31)11-9-22/h7-15,17H,6,16H2,1-5H3,(H,32,33)/b20-14+. The van der Waals surface area contributed by atoms with Gasteiger partial charge in [-0.2, -0.15) is 0 Å². The number of furan rings is 1. The molecule has 0 aliphatic carbocycles. The van der Waals surface area contributed by atoms with Gasteiger partial charge in [-0.15, -0.1) is 0 Å². The molecule has 4 rings (SSSR count). The highest BCUT2D eigenvalue weighted by molar-refractivity contribution is 6.30. The highest BCUT2D eigenvalue weighted by atomic mass is 35.5. The second-order valence-corrected chi connectivity index (χ2v) is 9.26. The number of fused-ring (bicyclic) bond motifs is 1. The summed E-state index contributed by atoms with van der Waals surface area (Å²) < 4.78 is 12.1. The van der Waals surface area contributed by atoms with E-state index in [1.165, 1.54) is 11.1 Å². The maximum absolute atomic E-state index is 12.7. The van der Waals surface area contributed by atoms with Crippen LogP contribution in [0.25, 0.3) is 27.7 Å². The Hall–Kier alpha value is -3.50. The number of hydrogen-bond acceptors (Lipinski definition) is 3. The Morgan fingerprint density at radius 3 is 2.49 bits per heavy atom. The molecule has 0 atom stereocenters. The summed E-state index contributed by atoms with van der Waals surface area (Å²) in [5.41, 5.74) is 8.98. The third kappa shape index (κ3) is 5.28. The fourth-order valence-corrected chi connectivity index (χ4v) is 4.51. The number of hydrogen-bond donors (Lipinski definition) is 1. The van der Waals surface area contributed by atoms with E-state index in [9.17, 15) is 4.79 Å². The summed E-state index contributed by atoms with van der Waals surface area (Å²) in [7, 11) is 0. The Balaban J connectivity index is 1.72. The number of halogens is 1. The average molecular weight is 488 g/mol. The van der Waals surface area contributed by atoms with Gasteiger partial charge in [0, 0.05) is 39.7 Å². The molecule has 180 valence electrons. The summed E-state index contributed by atoms with van der Waals surface area (Å²) in [6, 6.07) is 15.9. The van der Waals surface area contributed by atoms with Gasteiger partial charge in [0.2, 0.25) is 5.91 Å². The first kappa shape index (κ1) is 24.6. The summed E-state index contributed by atoms with van der Waals surface area (Å²) >= 11 is 5.95. The lowest BCUT2D eigenvalue weighted by molar-refractivity contribution is -0.116. The van der Waals surface area contributed by atoms with E-state index in [2.05, 4.69) is 43.4 Å². The van der Waals surface area contributed by atoms with Gasteiger partial charge >= 0.3 is 0 Å². The van der Waals surface area contributed by atoms with E-state index in [-0.39, 0.29) is 5.91 Å². The molecule has 3 aromatic carbocycles. The number of rotatable bonds is 7. The van der Waals surface area contributed by atoms with E-state index >= 15 is 0 Å². The van der Waals surface area contributed by atoms with Gasteiger partial charge in [-0.25, -0.2) is 0 Å². The Kier molecular flexibility index (Phi) is 7.32. The zero-order valence-corrected chi connectivity index (χ0v) is 21.5. The first-order valence-corrected chi connectivity index (χ1v) is 12.1. The van der Waals surface area contributed by atoms with Crippen molar-refractivity contribution in [1.29, 1.82) is 0 Å². The van der Waals surface area contributed by atoms with Gasteiger partial charge in [0.05, 0.1) is 12.9 Å². The van der Waals surface area contributed by atoms with Crippen LogP contribution >= 0.6 is 11.6 Å². The molecule has 0 fully saturated rings. The predicted octanol–water partition coefficient (Wildman–Crippen LogP) is 7.80. The monoisotopic (exact) mass is 487 g/mol. The van der Waals surface area contributed by atoms with Crippen LogP contribution in [-0.2, 0) is 11.3 Å². The molecule has 1 aromatic heterocycles. The van der Waals surface area contributed by atoms with Crippen LogP contribution in [0.3, 0.4) is 0 Å². The number of amides is 1. The Bertz CT molecular complexity index is 1410. The lowest BCUT2D eigenvalue weighted by atomic mass is 9.94. The summed E-state index contributed by atoms with van der Waals surface area (Å²) in [5, 5.41) is 4.62. The molecule has 5 heteroatoms. The summed E-state index contributed by atoms with van der Waals surface area (Å²) in [6.07, 6.45) is 3.43. The molecule has 4 aromatic rings. The minimum atomic E-state index is -0.167. The third-order valence-corrected chi connectivity index (χ3v) is 6.41. The van der Waals surface area contributed by atoms with Gasteiger partial charge in [0.15, 0.2) is 0 Å². The van der Waals surface area contributed by atoms with Crippen molar-refractivity contribution in [3.8, 4) is 16.9 Å². The summed E-state index contributed by atoms with van der Waals surface area (Å²) in [4.78, 5) is 12.7. The lowest BCUT2D eigenvalue weighted by Gasteiger charge is -2.15. The average Bonchev–Trinajstić information content (AvgIpc) is 3.24. The number of benzene rings is 3. The molecule has 1 heterocycles. The highest BCUT2D eigenvalue weighted by Crippen LogP contribution is 2.41. The first-order chi connectivity index (χ1) is 16.8. The summed E-state index contributed by atoms with van der Waals surface area (Å²) in [6.45, 7) is 11.0. The normalized spacial score (nSPS) is 11.7. The second-order valence-electron chi connectivity index (χ2n) is 8.83. The quantitative estimate of drug-likeness (QED) is 0.270. The first-order valence-electron chi connectivity index (χ1n) is 11.7. The number of allylic oxidation sites excluding steroid dienone is 1. The van der Waals surface area contributed by atoms with Crippen LogP contribution in [0, 0.1) is 20.8 Å². The van der Waals surface area contributed by atoms with Crippen LogP contribution in [0.2, 0.25) is 5.02 Å². The van der Waals surface area contributed by atoms with E-state index in [4.69, 9.17) is 20.8 Å². The minimum Gasteiger partial charge on any atom is -0.493 e. The smallest absolute Gasteiger partial charge is 0.244 e. The van der Waals surface area contributed by atoms with Crippen molar-refractivity contribution in [3.05, 3.63) is 93.7 Å². The van der Waals surface area contributed by atoms with Crippen LogP contribution in [0.5, 0.6) is 5.75 Å². The molecule has 0 unspecified atom stereocenters. The molecular formula is C30H30ClNO3. The molecule has 1 amide bonds. The van der Waals surface area contributed by atoms with Crippen molar-refractivity contribution in [2.75, 3.05) is 6.61 Å². The van der Waals surface area contributed by atoms with Crippen LogP contribution in [0.15, 0.2) is 65.3 Å². The molecule has 4 nitrogen and oxygen atoms in total. The Morgan fingerprint density at radius 1 is 1.06 bits per heavy atom.